The number of aromatic hydroxyl groups is 1. The van der Waals surface area contributed by atoms with Crippen LogP contribution >= 0.6 is 11.6 Å². The van der Waals surface area contributed by atoms with Crippen molar-refractivity contribution in [3.05, 3.63) is 11.8 Å². The average molecular weight is 256 g/mol. The number of hydrogen-bond acceptors (Lipinski definition) is 4. The molecule has 2 N–H and O–H groups in total. The Morgan fingerprint density at radius 2 is 2.12 bits per heavy atom. The van der Waals surface area contributed by atoms with E-state index in [-0.39, 0.29) is 0 Å². The summed E-state index contributed by atoms with van der Waals surface area (Å²) >= 11 is 5.12. The number of hydrogen-bond donors (Lipinski definition) is 2. The lowest BCUT2D eigenvalue weighted by Gasteiger charge is -2.08. The molecule has 9 heteroatoms. The van der Waals surface area contributed by atoms with E-state index >= 15 is 0 Å². The molecule has 1 aromatic rings. The highest BCUT2D eigenvalue weighted by Gasteiger charge is 2.33. The highest BCUT2D eigenvalue weighted by molar-refractivity contribution is 6.28. The van der Waals surface area contributed by atoms with Gasteiger partial charge in [-0.15, -0.1) is 11.6 Å². The standard InChI is InChI=1S/C7H5ClF3N3O2/c8-2-5(16)14-6-12-3(7(9,10)11)1-4(15)13-6/h1H,2H2,(H2,12,13,14,15,16). The van der Waals surface area contributed by atoms with Gasteiger partial charge in [0.05, 0.1) is 0 Å². The number of aromatic nitrogens is 2. The molecule has 0 radical (unpaired) electrons. The van der Waals surface area contributed by atoms with E-state index in [1.165, 1.54) is 0 Å². The molecule has 0 atom stereocenters. The number of carbonyl (C=O) groups excluding carboxylic acids is 1. The van der Waals surface area contributed by atoms with Crippen LogP contribution in [0.1, 0.15) is 5.69 Å². The van der Waals surface area contributed by atoms with Gasteiger partial charge in [-0.25, -0.2) is 4.98 Å². The summed E-state index contributed by atoms with van der Waals surface area (Å²) in [6.07, 6.45) is -4.74. The minimum Gasteiger partial charge on any atom is -0.493 e. The van der Waals surface area contributed by atoms with Gasteiger partial charge in [0.15, 0.2) is 5.69 Å². The highest BCUT2D eigenvalue weighted by atomic mass is 35.5. The molecule has 0 aliphatic heterocycles. The summed E-state index contributed by atoms with van der Waals surface area (Å²) < 4.78 is 36.7. The molecule has 0 bridgehead atoms. The van der Waals surface area contributed by atoms with Gasteiger partial charge in [0, 0.05) is 6.07 Å². The molecule has 1 heterocycles. The van der Waals surface area contributed by atoms with Gasteiger partial charge in [-0.2, -0.15) is 18.2 Å². The second-order valence-corrected chi connectivity index (χ2v) is 2.88. The highest BCUT2D eigenvalue weighted by Crippen LogP contribution is 2.29. The fraction of sp³-hybridized carbons (Fsp3) is 0.286. The van der Waals surface area contributed by atoms with Crippen LogP contribution in [0.3, 0.4) is 0 Å². The first-order valence-electron chi connectivity index (χ1n) is 3.84. The first-order chi connectivity index (χ1) is 7.32. The van der Waals surface area contributed by atoms with Crippen LogP contribution in [0.5, 0.6) is 5.88 Å². The predicted octanol–water partition coefficient (Wildman–Crippen LogP) is 1.38. The Bertz CT molecular complexity index is 410. The SMILES string of the molecule is O=C(CCl)Nc1nc(O)cc(C(F)(F)F)n1. The molecular formula is C7H5ClF3N3O2. The van der Waals surface area contributed by atoms with E-state index in [2.05, 4.69) is 9.97 Å². The van der Waals surface area contributed by atoms with Crippen molar-refractivity contribution in [3.8, 4) is 5.88 Å². The molecule has 16 heavy (non-hydrogen) atoms. The summed E-state index contributed by atoms with van der Waals surface area (Å²) in [5.41, 5.74) is -1.36. The lowest BCUT2D eigenvalue weighted by atomic mass is 10.4. The number of rotatable bonds is 2. The largest absolute Gasteiger partial charge is 0.493 e. The van der Waals surface area contributed by atoms with Gasteiger partial charge in [0.1, 0.15) is 5.88 Å². The van der Waals surface area contributed by atoms with Crippen LogP contribution in [0.4, 0.5) is 19.1 Å². The summed E-state index contributed by atoms with van der Waals surface area (Å²) in [5.74, 6) is -2.79. The molecule has 0 saturated carbocycles. The van der Waals surface area contributed by atoms with Crippen LogP contribution in [-0.4, -0.2) is 26.9 Å². The van der Waals surface area contributed by atoms with E-state index in [0.717, 1.165) is 0 Å². The summed E-state index contributed by atoms with van der Waals surface area (Å²) in [7, 11) is 0. The van der Waals surface area contributed by atoms with Crippen LogP contribution in [-0.2, 0) is 11.0 Å². The molecule has 1 rings (SSSR count). The molecule has 88 valence electrons. The Morgan fingerprint density at radius 1 is 1.50 bits per heavy atom. The first kappa shape index (κ1) is 12.5. The zero-order chi connectivity index (χ0) is 12.3. The second kappa shape index (κ2) is 4.52. The molecule has 1 aromatic heterocycles. The molecule has 0 fully saturated rings. The number of carbonyl (C=O) groups is 1. The number of halogens is 4. The third kappa shape index (κ3) is 3.23. The minimum atomic E-state index is -4.74. The van der Waals surface area contributed by atoms with Crippen molar-refractivity contribution >= 4 is 23.5 Å². The summed E-state index contributed by atoms with van der Waals surface area (Å²) in [5, 5.41) is 10.8. The lowest BCUT2D eigenvalue weighted by molar-refractivity contribution is -0.141. The molecule has 0 saturated heterocycles. The molecule has 5 nitrogen and oxygen atoms in total. The van der Waals surface area contributed by atoms with Crippen molar-refractivity contribution < 1.29 is 23.1 Å². The van der Waals surface area contributed by atoms with E-state index in [9.17, 15) is 18.0 Å². The van der Waals surface area contributed by atoms with E-state index in [1.807, 2.05) is 5.32 Å². The summed E-state index contributed by atoms with van der Waals surface area (Å²) in [6, 6.07) is 0.344. The maximum atomic E-state index is 12.2. The Balaban J connectivity index is 3.04. The maximum Gasteiger partial charge on any atom is 0.433 e. The molecule has 0 spiro atoms. The third-order valence-electron chi connectivity index (χ3n) is 1.38. The van der Waals surface area contributed by atoms with Gasteiger partial charge in [0.2, 0.25) is 17.7 Å². The van der Waals surface area contributed by atoms with Crippen molar-refractivity contribution in [2.24, 2.45) is 0 Å². The van der Waals surface area contributed by atoms with Gasteiger partial charge in [-0.05, 0) is 0 Å². The Hall–Kier alpha value is -1.57. The van der Waals surface area contributed by atoms with Crippen molar-refractivity contribution in [2.45, 2.75) is 6.18 Å². The average Bonchev–Trinajstić information content (AvgIpc) is 2.15. The number of anilines is 1. The Kier molecular flexibility index (Phi) is 3.53. The number of nitrogens with one attached hydrogen (secondary N) is 1. The first-order valence-corrected chi connectivity index (χ1v) is 4.37. The zero-order valence-electron chi connectivity index (χ0n) is 7.55. The van der Waals surface area contributed by atoms with Crippen LogP contribution in [0, 0.1) is 0 Å². The lowest BCUT2D eigenvalue weighted by Crippen LogP contribution is -2.17. The van der Waals surface area contributed by atoms with E-state index in [4.69, 9.17) is 16.7 Å². The van der Waals surface area contributed by atoms with Crippen molar-refractivity contribution in [2.75, 3.05) is 11.2 Å². The third-order valence-corrected chi connectivity index (χ3v) is 1.62. The number of amides is 1. The monoisotopic (exact) mass is 255 g/mol. The Morgan fingerprint density at radius 3 is 2.62 bits per heavy atom. The zero-order valence-corrected chi connectivity index (χ0v) is 8.30. The molecule has 0 aliphatic carbocycles. The van der Waals surface area contributed by atoms with Gasteiger partial charge in [-0.1, -0.05) is 0 Å². The number of nitrogens with zero attached hydrogens (tertiary/aromatic N) is 2. The van der Waals surface area contributed by atoms with Crippen molar-refractivity contribution in [1.29, 1.82) is 0 Å². The van der Waals surface area contributed by atoms with Crippen LogP contribution in [0.15, 0.2) is 6.07 Å². The summed E-state index contributed by atoms with van der Waals surface area (Å²) in [6.45, 7) is 0. The number of alkyl halides is 4. The molecule has 1 amide bonds. The maximum absolute atomic E-state index is 12.2. The summed E-state index contributed by atoms with van der Waals surface area (Å²) in [4.78, 5) is 17.0. The van der Waals surface area contributed by atoms with E-state index in [0.29, 0.717) is 6.07 Å². The van der Waals surface area contributed by atoms with E-state index in [1.54, 1.807) is 0 Å². The van der Waals surface area contributed by atoms with Gasteiger partial charge >= 0.3 is 6.18 Å². The molecule has 0 aliphatic rings. The minimum absolute atomic E-state index is 0.344. The van der Waals surface area contributed by atoms with Crippen LogP contribution in [0.25, 0.3) is 0 Å². The smallest absolute Gasteiger partial charge is 0.433 e. The normalized spacial score (nSPS) is 11.2. The van der Waals surface area contributed by atoms with Crippen LogP contribution < -0.4 is 5.32 Å². The van der Waals surface area contributed by atoms with Crippen molar-refractivity contribution in [3.63, 3.8) is 0 Å². The van der Waals surface area contributed by atoms with Gasteiger partial charge in [-0.3, -0.25) is 10.1 Å². The predicted molar refractivity (Wildman–Crippen MR) is 48.0 cm³/mol. The molecule has 0 unspecified atom stereocenters. The fourth-order valence-corrected chi connectivity index (χ4v) is 0.860. The molecule has 0 aromatic carbocycles. The second-order valence-electron chi connectivity index (χ2n) is 2.61. The van der Waals surface area contributed by atoms with Gasteiger partial charge < -0.3 is 5.11 Å². The topological polar surface area (TPSA) is 75.1 Å². The van der Waals surface area contributed by atoms with Crippen molar-refractivity contribution in [1.82, 2.24) is 9.97 Å². The Labute approximate surface area is 92.3 Å². The van der Waals surface area contributed by atoms with E-state index < -0.39 is 35.5 Å². The quantitative estimate of drug-likeness (QED) is 0.783. The van der Waals surface area contributed by atoms with Gasteiger partial charge in [0.25, 0.3) is 0 Å². The molecular weight excluding hydrogens is 251 g/mol. The van der Waals surface area contributed by atoms with Crippen LogP contribution in [0.2, 0.25) is 0 Å². The fourth-order valence-electron chi connectivity index (χ4n) is 0.794.